The Morgan fingerprint density at radius 3 is 2.27 bits per heavy atom. The molecule has 2 aromatic carbocycles. The molecule has 0 atom stereocenters. The molecule has 0 saturated carbocycles. The third-order valence-corrected chi connectivity index (χ3v) is 4.14. The number of amides is 1. The summed E-state index contributed by atoms with van der Waals surface area (Å²) < 4.78 is 0. The average Bonchev–Trinajstić information content (AvgIpc) is 2.95. The first-order valence-corrected chi connectivity index (χ1v) is 7.98. The van der Waals surface area contributed by atoms with Crippen molar-refractivity contribution in [1.29, 1.82) is 0 Å². The predicted molar refractivity (Wildman–Crippen MR) is 88.2 cm³/mol. The van der Waals surface area contributed by atoms with Crippen LogP contribution in [0.4, 0.5) is 0 Å². The average molecular weight is 294 g/mol. The highest BCUT2D eigenvalue weighted by molar-refractivity contribution is 5.93. The fourth-order valence-electron chi connectivity index (χ4n) is 2.82. The van der Waals surface area contributed by atoms with Gasteiger partial charge in [0.2, 0.25) is 0 Å². The largest absolute Gasteiger partial charge is 0.284 e. The van der Waals surface area contributed by atoms with Crippen molar-refractivity contribution >= 4 is 5.91 Å². The molecule has 0 saturated heterocycles. The molecule has 1 amide bonds. The lowest BCUT2D eigenvalue weighted by molar-refractivity contribution is 0.0784. The Morgan fingerprint density at radius 2 is 1.68 bits per heavy atom. The second kappa shape index (κ2) is 6.75. The summed E-state index contributed by atoms with van der Waals surface area (Å²) in [6.07, 6.45) is 3.47. The molecule has 0 spiro atoms. The van der Waals surface area contributed by atoms with Crippen LogP contribution < -0.4 is 5.43 Å². The van der Waals surface area contributed by atoms with Crippen molar-refractivity contribution in [3.63, 3.8) is 0 Å². The van der Waals surface area contributed by atoms with Crippen LogP contribution in [0.2, 0.25) is 0 Å². The van der Waals surface area contributed by atoms with E-state index in [0.29, 0.717) is 0 Å². The zero-order valence-electron chi connectivity index (χ0n) is 13.0. The van der Waals surface area contributed by atoms with Crippen molar-refractivity contribution in [2.75, 3.05) is 0 Å². The Morgan fingerprint density at radius 1 is 1.05 bits per heavy atom. The molecule has 2 aromatic rings. The van der Waals surface area contributed by atoms with Crippen molar-refractivity contribution in [1.82, 2.24) is 10.4 Å². The van der Waals surface area contributed by atoms with Crippen molar-refractivity contribution in [3.8, 4) is 0 Å². The molecule has 0 bridgehead atoms. The second-order valence-corrected chi connectivity index (χ2v) is 5.87. The molecule has 3 heteroatoms. The van der Waals surface area contributed by atoms with Crippen LogP contribution in [0.3, 0.4) is 0 Å². The highest BCUT2D eigenvalue weighted by Crippen LogP contribution is 2.20. The molecule has 1 aliphatic heterocycles. The van der Waals surface area contributed by atoms with Gasteiger partial charge in [-0.3, -0.25) is 10.2 Å². The van der Waals surface area contributed by atoms with Gasteiger partial charge in [-0.05, 0) is 41.7 Å². The van der Waals surface area contributed by atoms with Gasteiger partial charge in [0.1, 0.15) is 0 Å². The zero-order valence-corrected chi connectivity index (χ0v) is 13.0. The first-order valence-electron chi connectivity index (χ1n) is 7.98. The van der Waals surface area contributed by atoms with E-state index in [1.807, 2.05) is 29.3 Å². The number of nitrogens with one attached hydrogen (secondary N) is 1. The van der Waals surface area contributed by atoms with Gasteiger partial charge in [0.25, 0.3) is 5.91 Å². The summed E-state index contributed by atoms with van der Waals surface area (Å²) in [5, 5.41) is 1.97. The lowest BCUT2D eigenvalue weighted by Crippen LogP contribution is -2.38. The van der Waals surface area contributed by atoms with Crippen molar-refractivity contribution in [2.24, 2.45) is 0 Å². The number of unbranched alkanes of at least 4 members (excludes halogenated alkanes) is 1. The van der Waals surface area contributed by atoms with Gasteiger partial charge in [0, 0.05) is 18.7 Å². The minimum atomic E-state index is -0.0325. The summed E-state index contributed by atoms with van der Waals surface area (Å²) >= 11 is 0. The van der Waals surface area contributed by atoms with Crippen LogP contribution >= 0.6 is 0 Å². The molecule has 3 rings (SSSR count). The van der Waals surface area contributed by atoms with Crippen molar-refractivity contribution < 1.29 is 4.79 Å². The minimum Gasteiger partial charge on any atom is -0.284 e. The van der Waals surface area contributed by atoms with E-state index < -0.39 is 0 Å². The number of fused-ring (bicyclic) bond motifs is 1. The van der Waals surface area contributed by atoms with Gasteiger partial charge in [0.05, 0.1) is 0 Å². The molecule has 0 radical (unpaired) electrons. The van der Waals surface area contributed by atoms with Gasteiger partial charge in [-0.25, -0.2) is 5.01 Å². The minimum absolute atomic E-state index is 0.0325. The van der Waals surface area contributed by atoms with E-state index in [9.17, 15) is 4.79 Å². The monoisotopic (exact) mass is 294 g/mol. The quantitative estimate of drug-likeness (QED) is 0.912. The number of hydrogen-bond donors (Lipinski definition) is 1. The number of nitrogens with zero attached hydrogens (tertiary/aromatic N) is 1. The highest BCUT2D eigenvalue weighted by atomic mass is 16.2. The van der Waals surface area contributed by atoms with E-state index in [-0.39, 0.29) is 5.91 Å². The number of carbonyl (C=O) groups is 1. The van der Waals surface area contributed by atoms with Gasteiger partial charge >= 0.3 is 0 Å². The van der Waals surface area contributed by atoms with Crippen LogP contribution in [0.1, 0.15) is 46.8 Å². The Hall–Kier alpha value is -2.13. The van der Waals surface area contributed by atoms with Gasteiger partial charge in [-0.2, -0.15) is 0 Å². The fraction of sp³-hybridized carbons (Fsp3) is 0.316. The van der Waals surface area contributed by atoms with Crippen LogP contribution in [-0.4, -0.2) is 10.9 Å². The maximum Gasteiger partial charge on any atom is 0.265 e. The van der Waals surface area contributed by atoms with Crippen LogP contribution in [-0.2, 0) is 19.5 Å². The van der Waals surface area contributed by atoms with Crippen LogP contribution in [0, 0.1) is 0 Å². The second-order valence-electron chi connectivity index (χ2n) is 5.87. The molecule has 1 N–H and O–H groups in total. The number of hydrazine groups is 1. The molecule has 0 aliphatic carbocycles. The zero-order chi connectivity index (χ0) is 15.4. The summed E-state index contributed by atoms with van der Waals surface area (Å²) in [5.74, 6) is -0.0325. The number of carbonyl (C=O) groups excluding carboxylic acids is 1. The van der Waals surface area contributed by atoms with Crippen molar-refractivity contribution in [3.05, 3.63) is 70.8 Å². The maximum absolute atomic E-state index is 12.3. The van der Waals surface area contributed by atoms with Gasteiger partial charge < -0.3 is 0 Å². The third-order valence-electron chi connectivity index (χ3n) is 4.14. The molecule has 114 valence electrons. The fourth-order valence-corrected chi connectivity index (χ4v) is 2.82. The molecule has 1 aliphatic rings. The van der Waals surface area contributed by atoms with Gasteiger partial charge in [-0.1, -0.05) is 49.7 Å². The number of hydrogen-bond acceptors (Lipinski definition) is 2. The smallest absolute Gasteiger partial charge is 0.265 e. The van der Waals surface area contributed by atoms with E-state index >= 15 is 0 Å². The summed E-state index contributed by atoms with van der Waals surface area (Å²) in [4.78, 5) is 12.3. The van der Waals surface area contributed by atoms with Gasteiger partial charge in [-0.15, -0.1) is 0 Å². The van der Waals surface area contributed by atoms with Gasteiger partial charge in [0.15, 0.2) is 0 Å². The first kappa shape index (κ1) is 14.8. The molecular formula is C19H22N2O. The summed E-state index contributed by atoms with van der Waals surface area (Å²) in [7, 11) is 0. The van der Waals surface area contributed by atoms with E-state index in [1.54, 1.807) is 0 Å². The summed E-state index contributed by atoms with van der Waals surface area (Å²) in [6, 6.07) is 16.3. The van der Waals surface area contributed by atoms with E-state index in [4.69, 9.17) is 0 Å². The normalized spacial score (nSPS) is 13.9. The Balaban J connectivity index is 1.59. The Bertz CT molecular complexity index is 624. The number of benzene rings is 2. The first-order chi connectivity index (χ1) is 10.8. The van der Waals surface area contributed by atoms with Crippen molar-refractivity contribution in [2.45, 2.75) is 39.3 Å². The van der Waals surface area contributed by atoms with Crippen LogP contribution in [0.5, 0.6) is 0 Å². The number of aryl methyl sites for hydroxylation is 1. The lowest BCUT2D eigenvalue weighted by atomic mass is 10.1. The molecular weight excluding hydrogens is 272 g/mol. The molecule has 0 aromatic heterocycles. The Kier molecular flexibility index (Phi) is 4.54. The Labute approximate surface area is 131 Å². The summed E-state index contributed by atoms with van der Waals surface area (Å²) in [5.41, 5.74) is 7.60. The molecule has 0 fully saturated rings. The standard InChI is InChI=1S/C19H22N2O/c1-2-3-6-15-9-11-16(12-10-15)19(22)20-21-13-17-7-4-5-8-18(17)14-21/h4-5,7-12H,2-3,6,13-14H2,1H3,(H,20,22). The molecule has 1 heterocycles. The summed E-state index contributed by atoms with van der Waals surface area (Å²) in [6.45, 7) is 3.74. The topological polar surface area (TPSA) is 32.3 Å². The number of rotatable bonds is 5. The molecule has 3 nitrogen and oxygen atoms in total. The lowest BCUT2D eigenvalue weighted by Gasteiger charge is -2.16. The van der Waals surface area contributed by atoms with E-state index in [1.165, 1.54) is 29.5 Å². The van der Waals surface area contributed by atoms with E-state index in [2.05, 4.69) is 36.6 Å². The maximum atomic E-state index is 12.3. The molecule has 0 unspecified atom stereocenters. The highest BCUT2D eigenvalue weighted by Gasteiger charge is 2.20. The molecule has 22 heavy (non-hydrogen) atoms. The predicted octanol–water partition coefficient (Wildman–Crippen LogP) is 3.69. The van der Waals surface area contributed by atoms with E-state index in [0.717, 1.165) is 25.1 Å². The van der Waals surface area contributed by atoms with Crippen LogP contribution in [0.15, 0.2) is 48.5 Å². The third kappa shape index (κ3) is 3.37. The SMILES string of the molecule is CCCCc1ccc(C(=O)NN2Cc3ccccc3C2)cc1. The van der Waals surface area contributed by atoms with Crippen LogP contribution in [0.25, 0.3) is 0 Å².